The fraction of sp³-hybridized carbons (Fsp3) is 0.769. The van der Waals surface area contributed by atoms with Crippen LogP contribution in [0.5, 0.6) is 0 Å². The second-order valence-electron chi connectivity index (χ2n) is 8.70. The number of rotatable bonds is 18. The van der Waals surface area contributed by atoms with E-state index in [0.29, 0.717) is 0 Å². The summed E-state index contributed by atoms with van der Waals surface area (Å²) in [6, 6.07) is 9.01. The van der Waals surface area contributed by atoms with E-state index >= 15 is 0 Å². The Labute approximate surface area is 170 Å². The Morgan fingerprint density at radius 1 is 0.556 bits per heavy atom. The predicted molar refractivity (Wildman–Crippen MR) is 122 cm³/mol. The van der Waals surface area contributed by atoms with Gasteiger partial charge in [-0.25, -0.2) is 0 Å². The van der Waals surface area contributed by atoms with Gasteiger partial charge >= 0.3 is 0 Å². The molecule has 1 heteroatoms. The zero-order valence-corrected chi connectivity index (χ0v) is 18.8. The second kappa shape index (κ2) is 17.3. The third-order valence-electron chi connectivity index (χ3n) is 5.95. The van der Waals surface area contributed by atoms with Crippen molar-refractivity contribution in [2.24, 2.45) is 0 Å². The molecule has 1 rings (SSSR count). The van der Waals surface area contributed by atoms with Gasteiger partial charge in [0.05, 0.1) is 13.6 Å². The molecule has 1 unspecified atom stereocenters. The molecular weight excluding hydrogens is 326 g/mol. The van der Waals surface area contributed by atoms with Crippen molar-refractivity contribution in [2.45, 2.75) is 117 Å². The van der Waals surface area contributed by atoms with Gasteiger partial charge in [0, 0.05) is 0 Å². The van der Waals surface area contributed by atoms with Crippen LogP contribution in [-0.4, -0.2) is 13.6 Å². The Bertz CT molecular complexity index is 422. The summed E-state index contributed by atoms with van der Waals surface area (Å²) in [5.74, 6) is 0. The highest BCUT2D eigenvalue weighted by molar-refractivity contribution is 5.31. The van der Waals surface area contributed by atoms with E-state index in [-0.39, 0.29) is 0 Å². The Kier molecular flexibility index (Phi) is 15.5. The van der Waals surface area contributed by atoms with E-state index in [2.05, 4.69) is 45.2 Å². The monoisotopic (exact) mass is 374 g/mol. The van der Waals surface area contributed by atoms with Crippen LogP contribution in [0, 0.1) is 6.92 Å². The van der Waals surface area contributed by atoms with Crippen molar-refractivity contribution in [1.29, 1.82) is 0 Å². The first-order valence-corrected chi connectivity index (χ1v) is 12.1. The van der Waals surface area contributed by atoms with E-state index in [0.717, 1.165) is 0 Å². The van der Waals surface area contributed by atoms with E-state index in [1.807, 2.05) is 0 Å². The normalized spacial score (nSPS) is 12.4. The molecule has 0 aliphatic heterocycles. The maximum Gasteiger partial charge on any atom is 0.130 e. The second-order valence-corrected chi connectivity index (χ2v) is 8.70. The molecule has 0 saturated heterocycles. The molecule has 0 heterocycles. The van der Waals surface area contributed by atoms with Gasteiger partial charge in [-0.3, -0.25) is 0 Å². The number of hydrogen-bond acceptors (Lipinski definition) is 0. The van der Waals surface area contributed by atoms with Gasteiger partial charge in [0.15, 0.2) is 0 Å². The van der Waals surface area contributed by atoms with Crippen LogP contribution in [0.2, 0.25) is 0 Å². The summed E-state index contributed by atoms with van der Waals surface area (Å²) in [6.07, 6.45) is 23.1. The molecule has 0 amide bonds. The lowest BCUT2D eigenvalue weighted by atomic mass is 10.0. The van der Waals surface area contributed by atoms with Gasteiger partial charge in [-0.05, 0) is 31.9 Å². The molecular formula is C26H48N+. The van der Waals surface area contributed by atoms with Crippen molar-refractivity contribution in [3.63, 3.8) is 0 Å². The van der Waals surface area contributed by atoms with Gasteiger partial charge in [0.25, 0.3) is 0 Å². The molecule has 0 aliphatic rings. The molecule has 0 fully saturated rings. The molecule has 0 aromatic heterocycles. The van der Waals surface area contributed by atoms with Crippen LogP contribution in [0.15, 0.2) is 24.3 Å². The zero-order chi connectivity index (χ0) is 19.6. The average molecular weight is 375 g/mol. The van der Waals surface area contributed by atoms with Crippen LogP contribution in [0.1, 0.15) is 115 Å². The topological polar surface area (TPSA) is 4.44 Å². The number of benzene rings is 1. The van der Waals surface area contributed by atoms with Crippen LogP contribution in [0.4, 0.5) is 5.69 Å². The van der Waals surface area contributed by atoms with Gasteiger partial charge in [0.2, 0.25) is 0 Å². The average Bonchev–Trinajstić information content (AvgIpc) is 2.68. The molecule has 156 valence electrons. The SMILES string of the molecule is CCCCCCCCCCCCCCCCCC[NH+](C)c1ccc(C)cc1. The molecule has 0 radical (unpaired) electrons. The van der Waals surface area contributed by atoms with Gasteiger partial charge in [-0.1, -0.05) is 115 Å². The summed E-state index contributed by atoms with van der Waals surface area (Å²) >= 11 is 0. The summed E-state index contributed by atoms with van der Waals surface area (Å²) in [7, 11) is 2.30. The summed E-state index contributed by atoms with van der Waals surface area (Å²) in [6.45, 7) is 5.72. The smallest absolute Gasteiger partial charge is 0.130 e. The Balaban J connectivity index is 1.79. The predicted octanol–water partition coefficient (Wildman–Crippen LogP) is 7.40. The highest BCUT2D eigenvalue weighted by atomic mass is 15.1. The van der Waals surface area contributed by atoms with Crippen LogP contribution in [0.3, 0.4) is 0 Å². The van der Waals surface area contributed by atoms with Crippen molar-refractivity contribution in [3.8, 4) is 0 Å². The molecule has 1 nitrogen and oxygen atoms in total. The Hall–Kier alpha value is -0.820. The van der Waals surface area contributed by atoms with Crippen molar-refractivity contribution in [2.75, 3.05) is 13.6 Å². The Morgan fingerprint density at radius 2 is 0.926 bits per heavy atom. The van der Waals surface area contributed by atoms with Crippen LogP contribution < -0.4 is 4.90 Å². The molecule has 1 N–H and O–H groups in total. The fourth-order valence-electron chi connectivity index (χ4n) is 3.92. The quantitative estimate of drug-likeness (QED) is 0.255. The van der Waals surface area contributed by atoms with E-state index < -0.39 is 0 Å². The maximum atomic E-state index is 2.30. The van der Waals surface area contributed by atoms with E-state index in [1.165, 1.54) is 121 Å². The minimum absolute atomic E-state index is 1.27. The lowest BCUT2D eigenvalue weighted by Crippen LogP contribution is -3.03. The molecule has 0 saturated carbocycles. The summed E-state index contributed by atoms with van der Waals surface area (Å²) < 4.78 is 0. The van der Waals surface area contributed by atoms with Gasteiger partial charge in [-0.2, -0.15) is 0 Å². The first kappa shape index (κ1) is 24.2. The third kappa shape index (κ3) is 13.9. The van der Waals surface area contributed by atoms with Crippen LogP contribution in [-0.2, 0) is 0 Å². The van der Waals surface area contributed by atoms with Gasteiger partial charge < -0.3 is 4.90 Å². The van der Waals surface area contributed by atoms with Crippen molar-refractivity contribution >= 4 is 5.69 Å². The molecule has 1 aromatic rings. The first-order chi connectivity index (χ1) is 13.2. The minimum atomic E-state index is 1.27. The first-order valence-electron chi connectivity index (χ1n) is 12.1. The van der Waals surface area contributed by atoms with E-state index in [1.54, 1.807) is 4.90 Å². The highest BCUT2D eigenvalue weighted by Gasteiger charge is 2.05. The van der Waals surface area contributed by atoms with E-state index in [9.17, 15) is 0 Å². The minimum Gasteiger partial charge on any atom is -0.305 e. The number of hydrogen-bond donors (Lipinski definition) is 1. The molecule has 0 bridgehead atoms. The van der Waals surface area contributed by atoms with Crippen molar-refractivity contribution < 1.29 is 4.90 Å². The summed E-state index contributed by atoms with van der Waals surface area (Å²) in [4.78, 5) is 1.56. The largest absolute Gasteiger partial charge is 0.305 e. The molecule has 1 aromatic carbocycles. The number of nitrogens with one attached hydrogen (secondary N) is 1. The fourth-order valence-corrected chi connectivity index (χ4v) is 3.92. The number of aryl methyl sites for hydroxylation is 1. The molecule has 1 atom stereocenters. The van der Waals surface area contributed by atoms with E-state index in [4.69, 9.17) is 0 Å². The highest BCUT2D eigenvalue weighted by Crippen LogP contribution is 2.13. The Morgan fingerprint density at radius 3 is 1.33 bits per heavy atom. The summed E-state index contributed by atoms with van der Waals surface area (Å²) in [5.41, 5.74) is 2.79. The lowest BCUT2D eigenvalue weighted by Gasteiger charge is -2.13. The summed E-state index contributed by atoms with van der Waals surface area (Å²) in [5, 5.41) is 0. The van der Waals surface area contributed by atoms with Gasteiger partial charge in [0.1, 0.15) is 5.69 Å². The van der Waals surface area contributed by atoms with Crippen molar-refractivity contribution in [3.05, 3.63) is 29.8 Å². The zero-order valence-electron chi connectivity index (χ0n) is 18.8. The number of unbranched alkanes of at least 4 members (excludes halogenated alkanes) is 15. The van der Waals surface area contributed by atoms with Gasteiger partial charge in [-0.15, -0.1) is 0 Å². The van der Waals surface area contributed by atoms with Crippen molar-refractivity contribution in [1.82, 2.24) is 0 Å². The third-order valence-corrected chi connectivity index (χ3v) is 5.95. The van der Waals surface area contributed by atoms with Crippen LogP contribution >= 0.6 is 0 Å². The molecule has 27 heavy (non-hydrogen) atoms. The standard InChI is InChI=1S/C26H47N/c1-4-5-6-7-8-9-10-11-12-13-14-15-16-17-18-19-24-27(3)26-22-20-25(2)21-23-26/h20-23H,4-19,24H2,1-3H3/p+1. The number of quaternary nitrogens is 1. The maximum absolute atomic E-state index is 2.30. The molecule has 0 spiro atoms. The molecule has 0 aliphatic carbocycles. The lowest BCUT2D eigenvalue weighted by molar-refractivity contribution is -0.810. The van der Waals surface area contributed by atoms with Crippen LogP contribution in [0.25, 0.3) is 0 Å².